The van der Waals surface area contributed by atoms with Crippen molar-refractivity contribution < 1.29 is 35.4 Å². The van der Waals surface area contributed by atoms with Gasteiger partial charge in [0.25, 0.3) is 12.7 Å². The molecular formula is C3H2F5O3P. The van der Waals surface area contributed by atoms with Crippen molar-refractivity contribution in [3.8, 4) is 0 Å². The number of rotatable bonds is 0. The number of hydrogen-bond donors (Lipinski definition) is 0. The molecule has 72 valence electrons. The topological polar surface area (TPSA) is 35.5 Å². The van der Waals surface area contributed by atoms with Gasteiger partial charge >= 0.3 is 13.8 Å². The van der Waals surface area contributed by atoms with Gasteiger partial charge in [-0.3, -0.25) is 0 Å². The van der Waals surface area contributed by atoms with Gasteiger partial charge in [0, 0.05) is 0 Å². The van der Waals surface area contributed by atoms with Crippen molar-refractivity contribution in [3.63, 3.8) is 0 Å². The van der Waals surface area contributed by atoms with Crippen molar-refractivity contribution in [2.24, 2.45) is 0 Å². The maximum Gasteiger partial charge on any atom is 0.518 e. The van der Waals surface area contributed by atoms with Crippen molar-refractivity contribution in [3.05, 3.63) is 0 Å². The molecule has 12 heavy (non-hydrogen) atoms. The standard InChI is InChI=1S/C3H2F5O3P/c4-1-3(6,7)2(5)11-12(8,9)10-1/h1-2H. The molecule has 1 rings (SSSR count). The molecular weight excluding hydrogens is 210 g/mol. The van der Waals surface area contributed by atoms with Crippen molar-refractivity contribution in [1.82, 2.24) is 0 Å². The lowest BCUT2D eigenvalue weighted by atomic mass is 10.3. The second kappa shape index (κ2) is 2.65. The minimum Gasteiger partial charge on any atom is -0.241 e. The number of halogens is 5. The number of hydrogen-bond acceptors (Lipinski definition) is 3. The molecule has 9 heteroatoms. The summed E-state index contributed by atoms with van der Waals surface area (Å²) < 4.78 is 76.1. The van der Waals surface area contributed by atoms with E-state index < -0.39 is 26.5 Å². The largest absolute Gasteiger partial charge is 0.518 e. The molecule has 0 radical (unpaired) electrons. The summed E-state index contributed by atoms with van der Waals surface area (Å²) >= 11 is 0. The first kappa shape index (κ1) is 9.88. The Kier molecular flexibility index (Phi) is 2.18. The zero-order valence-electron chi connectivity index (χ0n) is 5.22. The molecule has 1 aliphatic rings. The first-order valence-corrected chi connectivity index (χ1v) is 4.01. The third-order valence-electron chi connectivity index (χ3n) is 1.04. The molecule has 2 atom stereocenters. The van der Waals surface area contributed by atoms with Gasteiger partial charge in [-0.25, -0.2) is 22.4 Å². The lowest BCUT2D eigenvalue weighted by Crippen LogP contribution is -2.45. The first-order chi connectivity index (χ1) is 5.26. The predicted molar refractivity (Wildman–Crippen MR) is 25.6 cm³/mol. The zero-order chi connectivity index (χ0) is 9.57. The maximum atomic E-state index is 12.0. The van der Waals surface area contributed by atoms with Crippen molar-refractivity contribution in [2.45, 2.75) is 18.6 Å². The summed E-state index contributed by atoms with van der Waals surface area (Å²) in [5.41, 5.74) is 0. The van der Waals surface area contributed by atoms with Gasteiger partial charge in [0.05, 0.1) is 0 Å². The smallest absolute Gasteiger partial charge is 0.241 e. The van der Waals surface area contributed by atoms with Gasteiger partial charge in [0.1, 0.15) is 0 Å². The van der Waals surface area contributed by atoms with Crippen LogP contribution in [0.3, 0.4) is 0 Å². The lowest BCUT2D eigenvalue weighted by molar-refractivity contribution is -0.268. The summed E-state index contributed by atoms with van der Waals surface area (Å²) in [6.07, 6.45) is -7.20. The van der Waals surface area contributed by atoms with E-state index in [0.717, 1.165) is 0 Å². The SMILES string of the molecule is O=P1(F)OC(F)C(F)(F)C(F)O1. The van der Waals surface area contributed by atoms with E-state index in [9.17, 15) is 26.3 Å². The Hall–Kier alpha value is -0.200. The highest BCUT2D eigenvalue weighted by molar-refractivity contribution is 7.48. The van der Waals surface area contributed by atoms with E-state index in [1.165, 1.54) is 0 Å². The summed E-state index contributed by atoms with van der Waals surface area (Å²) in [7, 11) is -5.51. The Morgan fingerprint density at radius 1 is 1.17 bits per heavy atom. The fourth-order valence-electron chi connectivity index (χ4n) is 0.489. The van der Waals surface area contributed by atoms with Crippen LogP contribution in [0.15, 0.2) is 0 Å². The summed E-state index contributed by atoms with van der Waals surface area (Å²) in [6, 6.07) is 0. The van der Waals surface area contributed by atoms with Crippen molar-refractivity contribution >= 4 is 7.91 Å². The van der Waals surface area contributed by atoms with Gasteiger partial charge in [-0.05, 0) is 0 Å². The summed E-state index contributed by atoms with van der Waals surface area (Å²) in [6.45, 7) is 0. The van der Waals surface area contributed by atoms with Crippen LogP contribution in [0.25, 0.3) is 0 Å². The summed E-state index contributed by atoms with van der Waals surface area (Å²) in [5.74, 6) is -4.64. The third-order valence-corrected chi connectivity index (χ3v) is 1.92. The number of alkyl halides is 4. The fourth-order valence-corrected chi connectivity index (χ4v) is 1.26. The highest BCUT2D eigenvalue weighted by atomic mass is 31.2. The molecule has 2 unspecified atom stereocenters. The Labute approximate surface area is 63.1 Å². The molecule has 0 aromatic heterocycles. The third kappa shape index (κ3) is 1.60. The Morgan fingerprint density at radius 2 is 1.50 bits per heavy atom. The highest BCUT2D eigenvalue weighted by Crippen LogP contribution is 2.59. The Morgan fingerprint density at radius 3 is 1.83 bits per heavy atom. The van der Waals surface area contributed by atoms with E-state index in [2.05, 4.69) is 9.05 Å². The van der Waals surface area contributed by atoms with Crippen LogP contribution in [0, 0.1) is 0 Å². The summed E-state index contributed by atoms with van der Waals surface area (Å²) in [4.78, 5) is 0. The van der Waals surface area contributed by atoms with Crippen LogP contribution < -0.4 is 0 Å². The first-order valence-electron chi connectivity index (χ1n) is 2.58. The summed E-state index contributed by atoms with van der Waals surface area (Å²) in [5, 5.41) is 0. The van der Waals surface area contributed by atoms with Crippen LogP contribution in [-0.4, -0.2) is 18.6 Å². The minimum atomic E-state index is -5.51. The van der Waals surface area contributed by atoms with E-state index in [0.29, 0.717) is 0 Å². The fraction of sp³-hybridized carbons (Fsp3) is 1.00. The van der Waals surface area contributed by atoms with E-state index in [-0.39, 0.29) is 0 Å². The van der Waals surface area contributed by atoms with Crippen LogP contribution >= 0.6 is 7.91 Å². The molecule has 0 spiro atoms. The Balaban J connectivity index is 2.85. The molecule has 0 N–H and O–H groups in total. The molecule has 0 saturated carbocycles. The average molecular weight is 212 g/mol. The van der Waals surface area contributed by atoms with E-state index >= 15 is 0 Å². The van der Waals surface area contributed by atoms with Gasteiger partial charge < -0.3 is 0 Å². The van der Waals surface area contributed by atoms with Gasteiger partial charge in [-0.2, -0.15) is 8.78 Å². The van der Waals surface area contributed by atoms with Gasteiger partial charge in [-0.15, -0.1) is 4.20 Å². The van der Waals surface area contributed by atoms with Crippen molar-refractivity contribution in [2.75, 3.05) is 0 Å². The van der Waals surface area contributed by atoms with E-state index in [4.69, 9.17) is 0 Å². The van der Waals surface area contributed by atoms with E-state index in [1.54, 1.807) is 0 Å². The quantitative estimate of drug-likeness (QED) is 0.456. The van der Waals surface area contributed by atoms with Gasteiger partial charge in [0.15, 0.2) is 0 Å². The van der Waals surface area contributed by atoms with Crippen LogP contribution in [0.2, 0.25) is 0 Å². The molecule has 0 amide bonds. The van der Waals surface area contributed by atoms with Gasteiger partial charge in [0.2, 0.25) is 0 Å². The van der Waals surface area contributed by atoms with Crippen LogP contribution in [0.4, 0.5) is 21.8 Å². The molecule has 0 aromatic rings. The zero-order valence-corrected chi connectivity index (χ0v) is 6.11. The normalized spacial score (nSPS) is 47.4. The van der Waals surface area contributed by atoms with Gasteiger partial charge in [-0.1, -0.05) is 0 Å². The second-order valence-electron chi connectivity index (χ2n) is 1.95. The van der Waals surface area contributed by atoms with Crippen molar-refractivity contribution in [1.29, 1.82) is 0 Å². The predicted octanol–water partition coefficient (Wildman–Crippen LogP) is 2.34. The minimum absolute atomic E-state index is 2.97. The molecule has 1 heterocycles. The van der Waals surface area contributed by atoms with Crippen LogP contribution in [-0.2, 0) is 13.6 Å². The van der Waals surface area contributed by atoms with E-state index in [1.807, 2.05) is 0 Å². The molecule has 0 aliphatic carbocycles. The molecule has 1 fully saturated rings. The van der Waals surface area contributed by atoms with Crippen LogP contribution in [0.5, 0.6) is 0 Å². The molecule has 3 nitrogen and oxygen atoms in total. The molecule has 0 bridgehead atoms. The molecule has 1 aliphatic heterocycles. The average Bonchev–Trinajstić information content (AvgIpc) is 1.82. The highest BCUT2D eigenvalue weighted by Gasteiger charge is 2.60. The Bertz CT molecular complexity index is 214. The van der Waals surface area contributed by atoms with Crippen LogP contribution in [0.1, 0.15) is 0 Å². The molecule has 0 aromatic carbocycles. The maximum absolute atomic E-state index is 12.0. The second-order valence-corrected chi connectivity index (χ2v) is 3.23. The molecule has 1 saturated heterocycles. The monoisotopic (exact) mass is 212 g/mol. The lowest BCUT2D eigenvalue weighted by Gasteiger charge is -2.29.